The molecule has 0 atom stereocenters. The number of hydrogen-bond acceptors (Lipinski definition) is 3. The van der Waals surface area contributed by atoms with Crippen LogP contribution in [0.4, 0.5) is 13.2 Å². The van der Waals surface area contributed by atoms with Gasteiger partial charge in [0.1, 0.15) is 12.4 Å². The molecule has 128 valence electrons. The molecule has 0 aromatic heterocycles. The molecular weight excluding hydrogens is 379 g/mol. The van der Waals surface area contributed by atoms with Crippen LogP contribution < -0.4 is 10.5 Å². The number of halogens is 4. The van der Waals surface area contributed by atoms with Crippen LogP contribution in [0.2, 0.25) is 0 Å². The molecule has 1 heterocycles. The fraction of sp³-hybridized carbons (Fsp3) is 0.500. The molecule has 2 rings (SSSR count). The number of morpholine rings is 1. The fourth-order valence-corrected chi connectivity index (χ4v) is 2.42. The van der Waals surface area contributed by atoms with Crippen LogP contribution >= 0.6 is 15.9 Å². The third kappa shape index (κ3) is 5.28. The van der Waals surface area contributed by atoms with Gasteiger partial charge in [0.2, 0.25) is 0 Å². The number of nitrogens with zero attached hydrogens (tertiary/aromatic N) is 2. The molecule has 1 aliphatic rings. The van der Waals surface area contributed by atoms with E-state index in [4.69, 9.17) is 15.2 Å². The van der Waals surface area contributed by atoms with Crippen LogP contribution in [0, 0.1) is 0 Å². The first-order valence-corrected chi connectivity index (χ1v) is 7.79. The van der Waals surface area contributed by atoms with Crippen LogP contribution in [-0.2, 0) is 10.9 Å². The second-order valence-corrected chi connectivity index (χ2v) is 5.74. The van der Waals surface area contributed by atoms with Crippen molar-refractivity contribution in [3.63, 3.8) is 0 Å². The van der Waals surface area contributed by atoms with E-state index in [9.17, 15) is 13.2 Å². The zero-order valence-corrected chi connectivity index (χ0v) is 13.9. The van der Waals surface area contributed by atoms with Crippen molar-refractivity contribution in [1.82, 2.24) is 4.90 Å². The van der Waals surface area contributed by atoms with E-state index >= 15 is 0 Å². The van der Waals surface area contributed by atoms with E-state index < -0.39 is 11.7 Å². The van der Waals surface area contributed by atoms with E-state index in [0.717, 1.165) is 6.07 Å². The zero-order chi connectivity index (χ0) is 16.9. The van der Waals surface area contributed by atoms with E-state index in [1.165, 1.54) is 12.1 Å². The number of guanidine groups is 1. The Kier molecular flexibility index (Phi) is 6.11. The Morgan fingerprint density at radius 3 is 2.70 bits per heavy atom. The maximum Gasteiger partial charge on any atom is 0.420 e. The van der Waals surface area contributed by atoms with Crippen molar-refractivity contribution >= 4 is 21.9 Å². The van der Waals surface area contributed by atoms with E-state index in [0.29, 0.717) is 36.7 Å². The highest BCUT2D eigenvalue weighted by atomic mass is 79.9. The van der Waals surface area contributed by atoms with Crippen LogP contribution in [0.1, 0.15) is 5.56 Å². The molecule has 0 bridgehead atoms. The summed E-state index contributed by atoms with van der Waals surface area (Å²) in [6.07, 6.45) is -4.48. The molecule has 1 aromatic carbocycles. The highest BCUT2D eigenvalue weighted by molar-refractivity contribution is 9.10. The number of aliphatic imine (C=N–C) groups is 1. The summed E-state index contributed by atoms with van der Waals surface area (Å²) in [5.41, 5.74) is 5.00. The number of rotatable bonds is 4. The smallest absolute Gasteiger partial charge is 0.420 e. The lowest BCUT2D eigenvalue weighted by Crippen LogP contribution is -2.45. The average molecular weight is 396 g/mol. The monoisotopic (exact) mass is 395 g/mol. The Bertz CT molecular complexity index is 561. The van der Waals surface area contributed by atoms with Crippen LogP contribution in [0.3, 0.4) is 0 Å². The Hall–Kier alpha value is -1.48. The van der Waals surface area contributed by atoms with Gasteiger partial charge in [0.05, 0.1) is 25.3 Å². The molecule has 1 fully saturated rings. The molecule has 0 spiro atoms. The molecule has 1 aliphatic heterocycles. The molecule has 1 aromatic rings. The number of nitrogens with two attached hydrogens (primary N) is 1. The summed E-state index contributed by atoms with van der Waals surface area (Å²) < 4.78 is 49.6. The van der Waals surface area contributed by atoms with Gasteiger partial charge in [-0.25, -0.2) is 4.99 Å². The van der Waals surface area contributed by atoms with E-state index in [1.807, 2.05) is 4.90 Å². The normalized spacial score (nSPS) is 16.5. The topological polar surface area (TPSA) is 60.1 Å². The van der Waals surface area contributed by atoms with Crippen LogP contribution in [0.15, 0.2) is 27.7 Å². The Balaban J connectivity index is 1.91. The van der Waals surface area contributed by atoms with Gasteiger partial charge in [-0.1, -0.05) is 15.9 Å². The van der Waals surface area contributed by atoms with Crippen molar-refractivity contribution in [3.8, 4) is 5.75 Å². The molecule has 2 N–H and O–H groups in total. The Labute approximate surface area is 140 Å². The van der Waals surface area contributed by atoms with Crippen LogP contribution in [-0.4, -0.2) is 50.3 Å². The largest absolute Gasteiger partial charge is 0.491 e. The number of hydrogen-bond donors (Lipinski definition) is 1. The summed E-state index contributed by atoms with van der Waals surface area (Å²) >= 11 is 3.02. The number of ether oxygens (including phenoxy) is 2. The van der Waals surface area contributed by atoms with Gasteiger partial charge < -0.3 is 20.1 Å². The zero-order valence-electron chi connectivity index (χ0n) is 12.3. The standard InChI is InChI=1S/C14H17BrF3N3O2/c15-10-1-2-12(11(9-10)14(16,17)18)23-6-3-20-13(19)21-4-7-22-8-5-21/h1-2,9H,3-8H2,(H2,19,20). The molecule has 9 heteroatoms. The van der Waals surface area contributed by atoms with Crippen LogP contribution in [0.25, 0.3) is 0 Å². The van der Waals surface area contributed by atoms with Gasteiger partial charge >= 0.3 is 6.18 Å². The van der Waals surface area contributed by atoms with Crippen molar-refractivity contribution in [2.24, 2.45) is 10.7 Å². The van der Waals surface area contributed by atoms with Gasteiger partial charge in [0, 0.05) is 17.6 Å². The molecule has 1 saturated heterocycles. The number of benzene rings is 1. The minimum atomic E-state index is -4.48. The van der Waals surface area contributed by atoms with Gasteiger partial charge in [-0.05, 0) is 18.2 Å². The summed E-state index contributed by atoms with van der Waals surface area (Å²) in [6.45, 7) is 2.66. The minimum Gasteiger partial charge on any atom is -0.491 e. The lowest BCUT2D eigenvalue weighted by molar-refractivity contribution is -0.139. The van der Waals surface area contributed by atoms with Crippen molar-refractivity contribution in [3.05, 3.63) is 28.2 Å². The Morgan fingerprint density at radius 2 is 2.04 bits per heavy atom. The Morgan fingerprint density at radius 1 is 1.35 bits per heavy atom. The van der Waals surface area contributed by atoms with Gasteiger partial charge in [0.25, 0.3) is 0 Å². The molecule has 0 saturated carbocycles. The molecule has 5 nitrogen and oxygen atoms in total. The second kappa shape index (κ2) is 7.87. The fourth-order valence-electron chi connectivity index (χ4n) is 2.06. The summed E-state index contributed by atoms with van der Waals surface area (Å²) in [6, 6.07) is 3.76. The molecule has 0 aliphatic carbocycles. The third-order valence-corrected chi connectivity index (χ3v) is 3.70. The first kappa shape index (κ1) is 17.9. The van der Waals surface area contributed by atoms with E-state index in [2.05, 4.69) is 20.9 Å². The van der Waals surface area contributed by atoms with Crippen molar-refractivity contribution < 1.29 is 22.6 Å². The van der Waals surface area contributed by atoms with Crippen molar-refractivity contribution in [2.75, 3.05) is 39.5 Å². The predicted octanol–water partition coefficient (Wildman–Crippen LogP) is 2.49. The molecule has 23 heavy (non-hydrogen) atoms. The highest BCUT2D eigenvalue weighted by Gasteiger charge is 2.34. The van der Waals surface area contributed by atoms with E-state index in [-0.39, 0.29) is 18.9 Å². The quantitative estimate of drug-likeness (QED) is 0.483. The van der Waals surface area contributed by atoms with E-state index in [1.54, 1.807) is 0 Å². The maximum absolute atomic E-state index is 12.9. The highest BCUT2D eigenvalue weighted by Crippen LogP contribution is 2.37. The minimum absolute atomic E-state index is 0.00967. The van der Waals surface area contributed by atoms with Gasteiger partial charge in [-0.2, -0.15) is 13.2 Å². The van der Waals surface area contributed by atoms with Crippen molar-refractivity contribution in [2.45, 2.75) is 6.18 Å². The van der Waals surface area contributed by atoms with Crippen molar-refractivity contribution in [1.29, 1.82) is 0 Å². The summed E-state index contributed by atoms with van der Waals surface area (Å²) in [7, 11) is 0. The first-order valence-electron chi connectivity index (χ1n) is 7.00. The molecule has 0 radical (unpaired) electrons. The maximum atomic E-state index is 12.9. The summed E-state index contributed by atoms with van der Waals surface area (Å²) in [5.74, 6) is 0.129. The van der Waals surface area contributed by atoms with Gasteiger partial charge in [-0.15, -0.1) is 0 Å². The first-order chi connectivity index (χ1) is 10.9. The van der Waals surface area contributed by atoms with Gasteiger partial charge in [0.15, 0.2) is 5.96 Å². The summed E-state index contributed by atoms with van der Waals surface area (Å²) in [4.78, 5) is 5.99. The SMILES string of the molecule is NC(=NCCOc1ccc(Br)cc1C(F)(F)F)N1CCOCC1. The van der Waals surface area contributed by atoms with Gasteiger partial charge in [-0.3, -0.25) is 0 Å². The number of alkyl halides is 3. The van der Waals surface area contributed by atoms with Crippen LogP contribution in [0.5, 0.6) is 5.75 Å². The molecular formula is C14H17BrF3N3O2. The molecule has 0 amide bonds. The predicted molar refractivity (Wildman–Crippen MR) is 83.5 cm³/mol. The second-order valence-electron chi connectivity index (χ2n) is 4.83. The molecule has 0 unspecified atom stereocenters. The lowest BCUT2D eigenvalue weighted by atomic mass is 10.2. The third-order valence-electron chi connectivity index (χ3n) is 3.20. The summed E-state index contributed by atoms with van der Waals surface area (Å²) in [5, 5.41) is 0. The average Bonchev–Trinajstić information content (AvgIpc) is 2.52. The lowest BCUT2D eigenvalue weighted by Gasteiger charge is -2.27.